The fraction of sp³-hybridized carbons (Fsp3) is 1.00. The summed E-state index contributed by atoms with van der Waals surface area (Å²) >= 11 is 0. The SMILES string of the molecule is CCC1CN2CCCCC2CN1C(COC)C(C)C. The minimum Gasteiger partial charge on any atom is -0.383 e. The van der Waals surface area contributed by atoms with E-state index in [0.29, 0.717) is 12.0 Å². The Morgan fingerprint density at radius 2 is 2.00 bits per heavy atom. The lowest BCUT2D eigenvalue weighted by molar-refractivity contribution is -0.0447. The summed E-state index contributed by atoms with van der Waals surface area (Å²) in [5, 5.41) is 0. The number of methoxy groups -OCH3 is 1. The summed E-state index contributed by atoms with van der Waals surface area (Å²) in [5.41, 5.74) is 0. The average molecular weight is 268 g/mol. The lowest BCUT2D eigenvalue weighted by Gasteiger charge is -2.51. The molecule has 112 valence electrons. The molecule has 2 fully saturated rings. The number of nitrogens with zero attached hydrogens (tertiary/aromatic N) is 2. The molecule has 0 aliphatic carbocycles. The van der Waals surface area contributed by atoms with Crippen LogP contribution in [0.2, 0.25) is 0 Å². The third kappa shape index (κ3) is 3.50. The van der Waals surface area contributed by atoms with Crippen molar-refractivity contribution in [2.45, 2.75) is 64.6 Å². The van der Waals surface area contributed by atoms with Gasteiger partial charge in [0.1, 0.15) is 0 Å². The predicted molar refractivity (Wildman–Crippen MR) is 80.5 cm³/mol. The zero-order valence-corrected chi connectivity index (χ0v) is 13.3. The minimum absolute atomic E-state index is 0.582. The van der Waals surface area contributed by atoms with Gasteiger partial charge in [-0.05, 0) is 31.7 Å². The first-order chi connectivity index (χ1) is 9.17. The largest absolute Gasteiger partial charge is 0.383 e. The summed E-state index contributed by atoms with van der Waals surface area (Å²) in [4.78, 5) is 5.51. The molecule has 3 atom stereocenters. The molecular weight excluding hydrogens is 236 g/mol. The molecule has 0 amide bonds. The molecule has 2 aliphatic heterocycles. The number of piperazine rings is 1. The Balaban J connectivity index is 2.07. The van der Waals surface area contributed by atoms with E-state index in [1.807, 2.05) is 7.11 Å². The van der Waals surface area contributed by atoms with Gasteiger partial charge in [-0.1, -0.05) is 27.2 Å². The second kappa shape index (κ2) is 7.05. The molecule has 2 saturated heterocycles. The maximum atomic E-state index is 5.49. The van der Waals surface area contributed by atoms with Crippen molar-refractivity contribution in [2.75, 3.05) is 33.4 Å². The van der Waals surface area contributed by atoms with E-state index in [1.54, 1.807) is 0 Å². The van der Waals surface area contributed by atoms with Crippen LogP contribution in [0.25, 0.3) is 0 Å². The highest BCUT2D eigenvalue weighted by molar-refractivity contribution is 4.93. The standard InChI is InChI=1S/C16H32N2O/c1-5-14-10-17-9-7-6-8-15(17)11-18(14)16(12-19-4)13(2)3/h13-16H,5-12H2,1-4H3. The number of hydrogen-bond acceptors (Lipinski definition) is 3. The fourth-order valence-electron chi connectivity index (χ4n) is 3.89. The molecule has 2 heterocycles. The molecule has 0 spiro atoms. The van der Waals surface area contributed by atoms with Crippen LogP contribution in [0.4, 0.5) is 0 Å². The summed E-state index contributed by atoms with van der Waals surface area (Å²) in [5.74, 6) is 0.671. The second-order valence-electron chi connectivity index (χ2n) is 6.67. The highest BCUT2D eigenvalue weighted by Gasteiger charge is 2.37. The Morgan fingerprint density at radius 3 is 2.63 bits per heavy atom. The maximum Gasteiger partial charge on any atom is 0.0620 e. The Kier molecular flexibility index (Phi) is 5.67. The van der Waals surface area contributed by atoms with Gasteiger partial charge in [0.2, 0.25) is 0 Å². The first-order valence-corrected chi connectivity index (χ1v) is 8.16. The van der Waals surface area contributed by atoms with Crippen LogP contribution in [0, 0.1) is 5.92 Å². The first-order valence-electron chi connectivity index (χ1n) is 8.16. The van der Waals surface area contributed by atoms with Gasteiger partial charge in [-0.3, -0.25) is 9.80 Å². The first kappa shape index (κ1) is 15.3. The van der Waals surface area contributed by atoms with E-state index in [9.17, 15) is 0 Å². The third-order valence-corrected chi connectivity index (χ3v) is 5.09. The van der Waals surface area contributed by atoms with Crippen LogP contribution >= 0.6 is 0 Å². The molecule has 0 aromatic carbocycles. The number of piperidine rings is 1. The van der Waals surface area contributed by atoms with Crippen LogP contribution in [0.15, 0.2) is 0 Å². The van der Waals surface area contributed by atoms with Crippen molar-refractivity contribution in [2.24, 2.45) is 5.92 Å². The third-order valence-electron chi connectivity index (χ3n) is 5.09. The van der Waals surface area contributed by atoms with Gasteiger partial charge < -0.3 is 4.74 Å². The summed E-state index contributed by atoms with van der Waals surface area (Å²) in [6, 6.07) is 2.10. The molecule has 0 aromatic heterocycles. The Bertz CT molecular complexity index is 269. The minimum atomic E-state index is 0.582. The monoisotopic (exact) mass is 268 g/mol. The molecule has 0 saturated carbocycles. The van der Waals surface area contributed by atoms with Crippen molar-refractivity contribution in [1.29, 1.82) is 0 Å². The molecule has 0 aromatic rings. The van der Waals surface area contributed by atoms with Crippen LogP contribution in [-0.4, -0.2) is 61.3 Å². The highest BCUT2D eigenvalue weighted by Crippen LogP contribution is 2.28. The van der Waals surface area contributed by atoms with Crippen LogP contribution in [0.5, 0.6) is 0 Å². The zero-order chi connectivity index (χ0) is 13.8. The topological polar surface area (TPSA) is 15.7 Å². The van der Waals surface area contributed by atoms with Gasteiger partial charge >= 0.3 is 0 Å². The Morgan fingerprint density at radius 1 is 1.21 bits per heavy atom. The van der Waals surface area contributed by atoms with Crippen LogP contribution in [0.1, 0.15) is 46.5 Å². The number of fused-ring (bicyclic) bond motifs is 1. The van der Waals surface area contributed by atoms with E-state index in [0.717, 1.165) is 18.7 Å². The van der Waals surface area contributed by atoms with Gasteiger partial charge in [0, 0.05) is 38.3 Å². The summed E-state index contributed by atoms with van der Waals surface area (Å²) in [6.45, 7) is 11.7. The fourth-order valence-corrected chi connectivity index (χ4v) is 3.89. The van der Waals surface area contributed by atoms with E-state index in [4.69, 9.17) is 4.74 Å². The zero-order valence-electron chi connectivity index (χ0n) is 13.3. The van der Waals surface area contributed by atoms with Crippen molar-refractivity contribution < 1.29 is 4.74 Å². The van der Waals surface area contributed by atoms with Crippen LogP contribution in [-0.2, 0) is 4.74 Å². The van der Waals surface area contributed by atoms with E-state index < -0.39 is 0 Å². The van der Waals surface area contributed by atoms with E-state index in [-0.39, 0.29) is 0 Å². The van der Waals surface area contributed by atoms with Crippen molar-refractivity contribution in [3.05, 3.63) is 0 Å². The Hall–Kier alpha value is -0.120. The number of hydrogen-bond donors (Lipinski definition) is 0. The molecule has 2 rings (SSSR count). The maximum absolute atomic E-state index is 5.49. The van der Waals surface area contributed by atoms with Crippen molar-refractivity contribution >= 4 is 0 Å². The molecule has 19 heavy (non-hydrogen) atoms. The smallest absolute Gasteiger partial charge is 0.0620 e. The molecule has 0 radical (unpaired) electrons. The van der Waals surface area contributed by atoms with Gasteiger partial charge in [-0.2, -0.15) is 0 Å². The van der Waals surface area contributed by atoms with Gasteiger partial charge in [0.25, 0.3) is 0 Å². The quantitative estimate of drug-likeness (QED) is 0.762. The van der Waals surface area contributed by atoms with Crippen LogP contribution < -0.4 is 0 Å². The van der Waals surface area contributed by atoms with Crippen LogP contribution in [0.3, 0.4) is 0 Å². The number of rotatable bonds is 5. The highest BCUT2D eigenvalue weighted by atomic mass is 16.5. The molecular formula is C16H32N2O. The van der Waals surface area contributed by atoms with Crippen molar-refractivity contribution in [3.63, 3.8) is 0 Å². The van der Waals surface area contributed by atoms with Gasteiger partial charge in [0.15, 0.2) is 0 Å². The van der Waals surface area contributed by atoms with E-state index in [1.165, 1.54) is 45.3 Å². The lowest BCUT2D eigenvalue weighted by atomic mass is 9.92. The average Bonchev–Trinajstić information content (AvgIpc) is 2.43. The molecule has 3 nitrogen and oxygen atoms in total. The molecule has 3 unspecified atom stereocenters. The summed E-state index contributed by atoms with van der Waals surface area (Å²) < 4.78 is 5.49. The predicted octanol–water partition coefficient (Wildman–Crippen LogP) is 2.61. The van der Waals surface area contributed by atoms with Crippen molar-refractivity contribution in [1.82, 2.24) is 9.80 Å². The van der Waals surface area contributed by atoms with Gasteiger partial charge in [-0.15, -0.1) is 0 Å². The molecule has 3 heteroatoms. The van der Waals surface area contributed by atoms with Gasteiger partial charge in [0.05, 0.1) is 6.61 Å². The van der Waals surface area contributed by atoms with Crippen molar-refractivity contribution in [3.8, 4) is 0 Å². The molecule has 0 N–H and O–H groups in total. The summed E-state index contributed by atoms with van der Waals surface area (Å²) in [7, 11) is 1.84. The Labute approximate surface area is 119 Å². The van der Waals surface area contributed by atoms with Gasteiger partial charge in [-0.25, -0.2) is 0 Å². The van der Waals surface area contributed by atoms with E-state index in [2.05, 4.69) is 30.6 Å². The second-order valence-corrected chi connectivity index (χ2v) is 6.67. The summed E-state index contributed by atoms with van der Waals surface area (Å²) in [6.07, 6.45) is 5.47. The molecule has 2 aliphatic rings. The normalized spacial score (nSPS) is 31.4. The lowest BCUT2D eigenvalue weighted by Crippen LogP contribution is -2.63. The molecule has 0 bridgehead atoms. The van der Waals surface area contributed by atoms with E-state index >= 15 is 0 Å². The number of ether oxygens (including phenoxy) is 1.